The topological polar surface area (TPSA) is 80.8 Å². The normalized spacial score (nSPS) is 16.1. The molecule has 0 N–H and O–H groups in total. The fourth-order valence-corrected chi connectivity index (χ4v) is 4.46. The molecule has 0 saturated carbocycles. The molecule has 0 unspecified atom stereocenters. The molecule has 0 saturated heterocycles. The molecule has 6 nitrogen and oxygen atoms in total. The number of ketones is 1. The molecular formula is C19H18FNO5S. The van der Waals surface area contributed by atoms with Crippen LogP contribution in [0.5, 0.6) is 0 Å². The van der Waals surface area contributed by atoms with Crippen LogP contribution >= 0.6 is 0 Å². The lowest BCUT2D eigenvalue weighted by Crippen LogP contribution is -2.34. The van der Waals surface area contributed by atoms with Crippen molar-refractivity contribution >= 4 is 27.5 Å². The Morgan fingerprint density at radius 1 is 1.19 bits per heavy atom. The van der Waals surface area contributed by atoms with Gasteiger partial charge in [-0.1, -0.05) is 6.07 Å². The van der Waals surface area contributed by atoms with Crippen molar-refractivity contribution in [3.8, 4) is 0 Å². The van der Waals surface area contributed by atoms with Crippen LogP contribution in [0.25, 0.3) is 0 Å². The molecule has 0 radical (unpaired) electrons. The van der Waals surface area contributed by atoms with Crippen LogP contribution in [-0.2, 0) is 21.2 Å². The van der Waals surface area contributed by atoms with Gasteiger partial charge in [0.05, 0.1) is 17.5 Å². The largest absolute Gasteiger partial charge is 0.454 e. The lowest BCUT2D eigenvalue weighted by molar-refractivity contribution is 0.0474. The molecule has 8 heteroatoms. The van der Waals surface area contributed by atoms with E-state index in [2.05, 4.69) is 0 Å². The Hall–Kier alpha value is -2.74. The molecule has 0 fully saturated rings. The summed E-state index contributed by atoms with van der Waals surface area (Å²) in [6.07, 6.45) is 1.64. The third-order valence-electron chi connectivity index (χ3n) is 4.31. The van der Waals surface area contributed by atoms with Crippen LogP contribution in [0.4, 0.5) is 10.1 Å². The van der Waals surface area contributed by atoms with E-state index in [4.69, 9.17) is 4.74 Å². The zero-order valence-electron chi connectivity index (χ0n) is 14.8. The van der Waals surface area contributed by atoms with Crippen molar-refractivity contribution in [3.05, 3.63) is 65.0 Å². The van der Waals surface area contributed by atoms with E-state index in [0.717, 1.165) is 17.9 Å². The number of esters is 1. The summed E-state index contributed by atoms with van der Waals surface area (Å²) in [6, 6.07) is 9.49. The van der Waals surface area contributed by atoms with Crippen molar-refractivity contribution in [2.45, 2.75) is 19.4 Å². The molecule has 1 aliphatic heterocycles. The predicted molar refractivity (Wildman–Crippen MR) is 97.9 cm³/mol. The molecule has 27 heavy (non-hydrogen) atoms. The molecule has 0 aliphatic carbocycles. The van der Waals surface area contributed by atoms with Crippen LogP contribution in [0, 0.1) is 5.82 Å². The van der Waals surface area contributed by atoms with Gasteiger partial charge in [0.2, 0.25) is 10.0 Å². The molecular weight excluding hydrogens is 373 g/mol. The van der Waals surface area contributed by atoms with E-state index in [0.29, 0.717) is 17.7 Å². The van der Waals surface area contributed by atoms with Gasteiger partial charge in [0, 0.05) is 11.6 Å². The maximum absolute atomic E-state index is 13.1. The van der Waals surface area contributed by atoms with E-state index in [1.54, 1.807) is 19.1 Å². The SMILES string of the molecule is C[C@@H]1Cc2cc(C(=O)COC(=O)c3cccc(F)c3)ccc2N1S(C)(=O)=O. The number of Topliss-reactive ketones (excluding diaryl/α,β-unsaturated/α-hetero) is 1. The second kappa shape index (κ2) is 7.11. The molecule has 0 aromatic heterocycles. The molecule has 1 atom stereocenters. The first-order valence-electron chi connectivity index (χ1n) is 8.25. The molecule has 3 rings (SSSR count). The van der Waals surface area contributed by atoms with E-state index >= 15 is 0 Å². The van der Waals surface area contributed by atoms with E-state index in [9.17, 15) is 22.4 Å². The number of anilines is 1. The smallest absolute Gasteiger partial charge is 0.338 e. The Morgan fingerprint density at radius 2 is 1.93 bits per heavy atom. The Labute approximate surface area is 156 Å². The second-order valence-corrected chi connectivity index (χ2v) is 8.32. The van der Waals surface area contributed by atoms with Crippen molar-refractivity contribution in [2.24, 2.45) is 0 Å². The first-order valence-corrected chi connectivity index (χ1v) is 10.1. The average Bonchev–Trinajstić information content (AvgIpc) is 2.94. The molecule has 0 bridgehead atoms. The minimum atomic E-state index is -3.41. The highest BCUT2D eigenvalue weighted by Gasteiger charge is 2.32. The summed E-state index contributed by atoms with van der Waals surface area (Å²) in [6.45, 7) is 1.31. The number of carbonyl (C=O) groups excluding carboxylic acids is 2. The maximum Gasteiger partial charge on any atom is 0.338 e. The Kier molecular flexibility index (Phi) is 5.01. The highest BCUT2D eigenvalue weighted by molar-refractivity contribution is 7.92. The third-order valence-corrected chi connectivity index (χ3v) is 5.58. The third kappa shape index (κ3) is 4.00. The second-order valence-electron chi connectivity index (χ2n) is 6.47. The first-order chi connectivity index (χ1) is 12.7. The average molecular weight is 391 g/mol. The van der Waals surface area contributed by atoms with Crippen LogP contribution in [0.15, 0.2) is 42.5 Å². The lowest BCUT2D eigenvalue weighted by atomic mass is 10.0. The first kappa shape index (κ1) is 19.0. The number of sulfonamides is 1. The van der Waals surface area contributed by atoms with Gasteiger partial charge in [-0.05, 0) is 55.3 Å². The number of nitrogens with zero attached hydrogens (tertiary/aromatic N) is 1. The van der Waals surface area contributed by atoms with Gasteiger partial charge in [0.1, 0.15) is 5.82 Å². The molecule has 1 heterocycles. The van der Waals surface area contributed by atoms with Gasteiger partial charge in [0.25, 0.3) is 0 Å². The number of rotatable bonds is 5. The highest BCUT2D eigenvalue weighted by Crippen LogP contribution is 2.34. The van der Waals surface area contributed by atoms with Crippen molar-refractivity contribution in [1.82, 2.24) is 0 Å². The van der Waals surface area contributed by atoms with E-state index in [1.165, 1.54) is 28.6 Å². The monoisotopic (exact) mass is 391 g/mol. The van der Waals surface area contributed by atoms with Gasteiger partial charge in [0.15, 0.2) is 12.4 Å². The quantitative estimate of drug-likeness (QED) is 0.578. The van der Waals surface area contributed by atoms with E-state index in [1.807, 2.05) is 0 Å². The number of ether oxygens (including phenoxy) is 1. The van der Waals surface area contributed by atoms with Gasteiger partial charge in [-0.2, -0.15) is 0 Å². The summed E-state index contributed by atoms with van der Waals surface area (Å²) < 4.78 is 43.3. The van der Waals surface area contributed by atoms with Crippen molar-refractivity contribution in [2.75, 3.05) is 17.2 Å². The van der Waals surface area contributed by atoms with Gasteiger partial charge in [-0.15, -0.1) is 0 Å². The summed E-state index contributed by atoms with van der Waals surface area (Å²) in [4.78, 5) is 24.2. The minimum Gasteiger partial charge on any atom is -0.454 e. The van der Waals surface area contributed by atoms with Crippen molar-refractivity contribution < 1.29 is 27.1 Å². The summed E-state index contributed by atoms with van der Waals surface area (Å²) in [7, 11) is -3.41. The van der Waals surface area contributed by atoms with Gasteiger partial charge in [-0.25, -0.2) is 17.6 Å². The zero-order chi connectivity index (χ0) is 19.8. The van der Waals surface area contributed by atoms with Crippen LogP contribution in [0.3, 0.4) is 0 Å². The molecule has 0 amide bonds. The maximum atomic E-state index is 13.1. The van der Waals surface area contributed by atoms with Crippen LogP contribution < -0.4 is 4.31 Å². The minimum absolute atomic E-state index is 0.0226. The highest BCUT2D eigenvalue weighted by atomic mass is 32.2. The number of carbonyl (C=O) groups is 2. The Balaban J connectivity index is 1.72. The number of benzene rings is 2. The van der Waals surface area contributed by atoms with Crippen molar-refractivity contribution in [3.63, 3.8) is 0 Å². The number of hydrogen-bond acceptors (Lipinski definition) is 5. The van der Waals surface area contributed by atoms with E-state index < -0.39 is 34.2 Å². The fourth-order valence-electron chi connectivity index (χ4n) is 3.19. The summed E-state index contributed by atoms with van der Waals surface area (Å²) in [5.74, 6) is -1.78. The predicted octanol–water partition coefficient (Wildman–Crippen LogP) is 2.58. The molecule has 1 aliphatic rings. The Morgan fingerprint density at radius 3 is 2.59 bits per heavy atom. The number of fused-ring (bicyclic) bond motifs is 1. The summed E-state index contributed by atoms with van der Waals surface area (Å²) >= 11 is 0. The molecule has 142 valence electrons. The fraction of sp³-hybridized carbons (Fsp3) is 0.263. The van der Waals surface area contributed by atoms with Gasteiger partial charge < -0.3 is 4.74 Å². The summed E-state index contributed by atoms with van der Waals surface area (Å²) in [5, 5.41) is 0. The van der Waals surface area contributed by atoms with Crippen LogP contribution in [-0.4, -0.2) is 39.1 Å². The van der Waals surface area contributed by atoms with Gasteiger partial charge >= 0.3 is 5.97 Å². The molecule has 0 spiro atoms. The van der Waals surface area contributed by atoms with Crippen LogP contribution in [0.1, 0.15) is 33.2 Å². The zero-order valence-corrected chi connectivity index (χ0v) is 15.6. The van der Waals surface area contributed by atoms with Crippen LogP contribution in [0.2, 0.25) is 0 Å². The van der Waals surface area contributed by atoms with E-state index in [-0.39, 0.29) is 11.6 Å². The molecule has 2 aromatic carbocycles. The number of hydrogen-bond donors (Lipinski definition) is 0. The summed E-state index contributed by atoms with van der Waals surface area (Å²) in [5.41, 5.74) is 1.64. The van der Waals surface area contributed by atoms with Crippen molar-refractivity contribution in [1.29, 1.82) is 0 Å². The lowest BCUT2D eigenvalue weighted by Gasteiger charge is -2.21. The number of halogens is 1. The van der Waals surface area contributed by atoms with Gasteiger partial charge in [-0.3, -0.25) is 9.10 Å². The Bertz CT molecular complexity index is 1020. The molecule has 2 aromatic rings. The standard InChI is InChI=1S/C19H18FNO5S/c1-12-8-15-9-13(6-7-17(15)21(12)27(2,24)25)18(22)11-26-19(23)14-4-3-5-16(20)10-14/h3-7,9-10,12H,8,11H2,1-2H3/t12-/m1/s1.